The molecule has 1 aromatic carbocycles. The van der Waals surface area contributed by atoms with Gasteiger partial charge in [-0.05, 0) is 26.0 Å². The zero-order valence-corrected chi connectivity index (χ0v) is 16.1. The van der Waals surface area contributed by atoms with Crippen molar-refractivity contribution in [2.75, 3.05) is 26.2 Å². The highest BCUT2D eigenvalue weighted by Gasteiger charge is 2.38. The van der Waals surface area contributed by atoms with Gasteiger partial charge in [-0.2, -0.15) is 22.6 Å². The summed E-state index contributed by atoms with van der Waals surface area (Å²) in [5, 5.41) is 6.51. The van der Waals surface area contributed by atoms with Gasteiger partial charge in [-0.15, -0.1) is 0 Å². The van der Waals surface area contributed by atoms with Crippen LogP contribution in [0, 0.1) is 13.8 Å². The fourth-order valence-corrected chi connectivity index (χ4v) is 5.02. The number of aryl methyl sites for hydroxylation is 2. The maximum atomic E-state index is 13.2. The molecule has 0 radical (unpaired) electrons. The Hall–Kier alpha value is -2.40. The highest BCUT2D eigenvalue weighted by molar-refractivity contribution is 7.89. The largest absolute Gasteiger partial charge is 0.417 e. The van der Waals surface area contributed by atoms with Crippen molar-refractivity contribution in [2.24, 2.45) is 0 Å². The fourth-order valence-electron chi connectivity index (χ4n) is 3.27. The lowest BCUT2D eigenvalue weighted by Gasteiger charge is -2.34. The molecule has 0 unspecified atom stereocenters. The molecule has 0 atom stereocenters. The summed E-state index contributed by atoms with van der Waals surface area (Å²) >= 11 is 0. The van der Waals surface area contributed by atoms with Gasteiger partial charge in [0.15, 0.2) is 0 Å². The molecule has 1 saturated heterocycles. The molecule has 0 spiro atoms. The number of nitrogens with zero attached hydrogens (tertiary/aromatic N) is 3. The summed E-state index contributed by atoms with van der Waals surface area (Å²) in [6.45, 7) is 3.16. The predicted molar refractivity (Wildman–Crippen MR) is 94.2 cm³/mol. The van der Waals surface area contributed by atoms with E-state index in [1.165, 1.54) is 21.3 Å². The maximum Gasteiger partial charge on any atom is 0.417 e. The number of carbonyl (C=O) groups is 1. The van der Waals surface area contributed by atoms with Gasteiger partial charge in [0.2, 0.25) is 10.0 Å². The van der Waals surface area contributed by atoms with Gasteiger partial charge in [0.25, 0.3) is 5.91 Å². The van der Waals surface area contributed by atoms with Crippen molar-refractivity contribution in [1.82, 2.24) is 19.4 Å². The zero-order valence-electron chi connectivity index (χ0n) is 15.2. The second kappa shape index (κ2) is 7.21. The third-order valence-corrected chi connectivity index (χ3v) is 6.81. The lowest BCUT2D eigenvalue weighted by Crippen LogP contribution is -2.50. The van der Waals surface area contributed by atoms with E-state index in [4.69, 9.17) is 0 Å². The average Bonchev–Trinajstić information content (AvgIpc) is 2.99. The van der Waals surface area contributed by atoms with Gasteiger partial charge < -0.3 is 4.90 Å². The van der Waals surface area contributed by atoms with Crippen molar-refractivity contribution >= 4 is 15.9 Å². The van der Waals surface area contributed by atoms with E-state index in [0.29, 0.717) is 11.4 Å². The van der Waals surface area contributed by atoms with Gasteiger partial charge in [0, 0.05) is 26.2 Å². The van der Waals surface area contributed by atoms with Gasteiger partial charge in [0.05, 0.1) is 22.5 Å². The third kappa shape index (κ3) is 3.63. The van der Waals surface area contributed by atoms with Crippen LogP contribution in [0.2, 0.25) is 0 Å². The SMILES string of the molecule is Cc1n[nH]c(C)c1S(=O)(=O)N1CCN(C(=O)c2ccccc2C(F)(F)F)CC1. The van der Waals surface area contributed by atoms with Crippen LogP contribution in [0.3, 0.4) is 0 Å². The molecular formula is C17H19F3N4O3S. The summed E-state index contributed by atoms with van der Waals surface area (Å²) in [6, 6.07) is 4.58. The molecule has 0 saturated carbocycles. The average molecular weight is 416 g/mol. The zero-order chi connectivity index (χ0) is 20.7. The first-order valence-corrected chi connectivity index (χ1v) is 9.94. The predicted octanol–water partition coefficient (Wildman–Crippen LogP) is 2.19. The summed E-state index contributed by atoms with van der Waals surface area (Å²) < 4.78 is 66.4. The molecule has 1 fully saturated rings. The van der Waals surface area contributed by atoms with E-state index in [1.807, 2.05) is 0 Å². The standard InChI is InChI=1S/C17H19F3N4O3S/c1-11-15(12(2)22-21-11)28(26,27)24-9-7-23(8-10-24)16(25)13-5-3-4-6-14(13)17(18,19)20/h3-6H,7-10H2,1-2H3,(H,21,22). The van der Waals surface area contributed by atoms with E-state index >= 15 is 0 Å². The van der Waals surface area contributed by atoms with Crippen LogP contribution in [-0.4, -0.2) is 59.9 Å². The molecule has 1 aliphatic rings. The first-order chi connectivity index (χ1) is 13.0. The van der Waals surface area contributed by atoms with Crippen LogP contribution in [0.5, 0.6) is 0 Å². The van der Waals surface area contributed by atoms with Crippen LogP contribution in [0.1, 0.15) is 27.3 Å². The number of aromatic amines is 1. The monoisotopic (exact) mass is 416 g/mol. The summed E-state index contributed by atoms with van der Waals surface area (Å²) in [4.78, 5) is 13.9. The molecule has 1 aliphatic heterocycles. The quantitative estimate of drug-likeness (QED) is 0.831. The fraction of sp³-hybridized carbons (Fsp3) is 0.412. The van der Waals surface area contributed by atoms with E-state index in [0.717, 1.165) is 12.1 Å². The Kier molecular flexibility index (Phi) is 5.24. The normalized spacial score (nSPS) is 16.4. The van der Waals surface area contributed by atoms with Crippen LogP contribution in [0.15, 0.2) is 29.2 Å². The van der Waals surface area contributed by atoms with E-state index in [9.17, 15) is 26.4 Å². The van der Waals surface area contributed by atoms with Gasteiger partial charge in [-0.3, -0.25) is 9.89 Å². The number of amides is 1. The molecule has 1 aromatic heterocycles. The number of hydrogen-bond donors (Lipinski definition) is 1. The van der Waals surface area contributed by atoms with Crippen molar-refractivity contribution in [3.63, 3.8) is 0 Å². The Balaban J connectivity index is 1.77. The molecule has 0 aliphatic carbocycles. The molecule has 2 aromatic rings. The molecule has 3 rings (SSSR count). The summed E-state index contributed by atoms with van der Waals surface area (Å²) in [6.07, 6.45) is -4.65. The number of hydrogen-bond acceptors (Lipinski definition) is 4. The molecular weight excluding hydrogens is 397 g/mol. The van der Waals surface area contributed by atoms with Crippen molar-refractivity contribution in [3.8, 4) is 0 Å². The van der Waals surface area contributed by atoms with E-state index in [1.54, 1.807) is 13.8 Å². The highest BCUT2D eigenvalue weighted by atomic mass is 32.2. The van der Waals surface area contributed by atoms with Gasteiger partial charge in [-0.25, -0.2) is 8.42 Å². The van der Waals surface area contributed by atoms with Gasteiger partial charge in [-0.1, -0.05) is 12.1 Å². The number of sulfonamides is 1. The van der Waals surface area contributed by atoms with Crippen molar-refractivity contribution in [2.45, 2.75) is 24.9 Å². The molecule has 0 bridgehead atoms. The molecule has 1 amide bonds. The Bertz CT molecular complexity index is 974. The number of aromatic nitrogens is 2. The molecule has 28 heavy (non-hydrogen) atoms. The Morgan fingerprint density at radius 1 is 1.11 bits per heavy atom. The van der Waals surface area contributed by atoms with Gasteiger partial charge in [0.1, 0.15) is 4.90 Å². The second-order valence-corrected chi connectivity index (χ2v) is 8.38. The van der Waals surface area contributed by atoms with Crippen LogP contribution >= 0.6 is 0 Å². The molecule has 2 heterocycles. The Labute approximate surface area is 160 Å². The van der Waals surface area contributed by atoms with Crippen LogP contribution < -0.4 is 0 Å². The van der Waals surface area contributed by atoms with Crippen LogP contribution in [-0.2, 0) is 16.2 Å². The smallest absolute Gasteiger partial charge is 0.336 e. The number of halogens is 3. The minimum absolute atomic E-state index is 0.000200. The number of piperazine rings is 1. The summed E-state index contributed by atoms with van der Waals surface area (Å²) in [5.41, 5.74) is -0.683. The third-order valence-electron chi connectivity index (χ3n) is 4.65. The van der Waals surface area contributed by atoms with E-state index in [-0.39, 0.29) is 31.1 Å². The minimum atomic E-state index is -4.65. The lowest BCUT2D eigenvalue weighted by atomic mass is 10.1. The van der Waals surface area contributed by atoms with Crippen molar-refractivity contribution in [3.05, 3.63) is 46.8 Å². The maximum absolute atomic E-state index is 13.2. The summed E-state index contributed by atoms with van der Waals surface area (Å²) in [7, 11) is -3.80. The van der Waals surface area contributed by atoms with Crippen molar-refractivity contribution < 1.29 is 26.4 Å². The van der Waals surface area contributed by atoms with Crippen LogP contribution in [0.25, 0.3) is 0 Å². The number of benzene rings is 1. The molecule has 7 nitrogen and oxygen atoms in total. The molecule has 152 valence electrons. The molecule has 1 N–H and O–H groups in total. The first-order valence-electron chi connectivity index (χ1n) is 8.50. The summed E-state index contributed by atoms with van der Waals surface area (Å²) in [5.74, 6) is -0.763. The number of nitrogens with one attached hydrogen (secondary N) is 1. The molecule has 11 heteroatoms. The Morgan fingerprint density at radius 3 is 2.25 bits per heavy atom. The number of H-pyrrole nitrogens is 1. The second-order valence-electron chi connectivity index (χ2n) is 6.50. The first kappa shape index (κ1) is 20.3. The number of carbonyl (C=O) groups excluding carboxylic acids is 1. The lowest BCUT2D eigenvalue weighted by molar-refractivity contribution is -0.138. The van der Waals surface area contributed by atoms with E-state index in [2.05, 4.69) is 10.2 Å². The Morgan fingerprint density at radius 2 is 1.71 bits per heavy atom. The van der Waals surface area contributed by atoms with E-state index < -0.39 is 33.2 Å². The minimum Gasteiger partial charge on any atom is -0.336 e. The topological polar surface area (TPSA) is 86.4 Å². The van der Waals surface area contributed by atoms with Gasteiger partial charge >= 0.3 is 6.18 Å². The van der Waals surface area contributed by atoms with Crippen molar-refractivity contribution in [1.29, 1.82) is 0 Å². The number of alkyl halides is 3. The number of rotatable bonds is 3. The highest BCUT2D eigenvalue weighted by Crippen LogP contribution is 2.32. The van der Waals surface area contributed by atoms with Crippen LogP contribution in [0.4, 0.5) is 13.2 Å².